The first-order chi connectivity index (χ1) is 15.8. The number of pyridine rings is 1. The molecule has 1 aliphatic heterocycles. The number of fused-ring (bicyclic) bond motifs is 1. The Kier molecular flexibility index (Phi) is 5.20. The van der Waals surface area contributed by atoms with E-state index >= 15 is 4.39 Å². The van der Waals surface area contributed by atoms with Crippen molar-refractivity contribution >= 4 is 16.7 Å². The Morgan fingerprint density at radius 2 is 1.97 bits per heavy atom. The molecule has 1 fully saturated rings. The molecular formula is C24H25FN6O2. The fraction of sp³-hybridized carbons (Fsp3) is 0.333. The molecule has 1 aromatic carbocycles. The number of morpholine rings is 1. The minimum atomic E-state index is -0.418. The molecule has 170 valence electrons. The SMILES string of the molecule is Cc1ccc(-c2nc(N3CCO[C@@H](c4cnn(C)c4)C3)cc3nc(C)n(C)c(=O)c23)c(F)c1. The van der Waals surface area contributed by atoms with Crippen molar-refractivity contribution in [3.63, 3.8) is 0 Å². The van der Waals surface area contributed by atoms with Gasteiger partial charge in [0, 0.05) is 50.6 Å². The minimum absolute atomic E-state index is 0.164. The van der Waals surface area contributed by atoms with Crippen LogP contribution in [0, 0.1) is 19.7 Å². The molecule has 0 unspecified atom stereocenters. The van der Waals surface area contributed by atoms with Gasteiger partial charge in [-0.25, -0.2) is 14.4 Å². The van der Waals surface area contributed by atoms with E-state index in [2.05, 4.69) is 15.0 Å². The molecule has 0 spiro atoms. The Balaban J connectivity index is 1.67. The minimum Gasteiger partial charge on any atom is -0.370 e. The zero-order valence-corrected chi connectivity index (χ0v) is 19.0. The Labute approximate surface area is 190 Å². The number of hydrogen-bond acceptors (Lipinski definition) is 6. The lowest BCUT2D eigenvalue weighted by molar-refractivity contribution is 0.0395. The summed E-state index contributed by atoms with van der Waals surface area (Å²) in [6.07, 6.45) is 3.57. The van der Waals surface area contributed by atoms with Crippen LogP contribution in [-0.2, 0) is 18.8 Å². The van der Waals surface area contributed by atoms with Crippen molar-refractivity contribution in [2.24, 2.45) is 14.1 Å². The summed E-state index contributed by atoms with van der Waals surface area (Å²) in [7, 11) is 3.53. The maximum Gasteiger partial charge on any atom is 0.263 e. The van der Waals surface area contributed by atoms with Crippen LogP contribution in [0.1, 0.15) is 23.1 Å². The van der Waals surface area contributed by atoms with Gasteiger partial charge in [-0.1, -0.05) is 6.07 Å². The Bertz CT molecular complexity index is 1430. The average Bonchev–Trinajstić information content (AvgIpc) is 3.23. The molecule has 33 heavy (non-hydrogen) atoms. The van der Waals surface area contributed by atoms with Gasteiger partial charge in [-0.15, -0.1) is 0 Å². The Morgan fingerprint density at radius 3 is 2.70 bits per heavy atom. The molecule has 4 heterocycles. The molecule has 3 aromatic heterocycles. The van der Waals surface area contributed by atoms with Crippen LogP contribution in [0.2, 0.25) is 0 Å². The molecule has 0 saturated carbocycles. The number of ether oxygens (including phenoxy) is 1. The van der Waals surface area contributed by atoms with Gasteiger partial charge in [-0.3, -0.25) is 14.0 Å². The van der Waals surface area contributed by atoms with Crippen molar-refractivity contribution in [1.82, 2.24) is 24.3 Å². The first-order valence-electron chi connectivity index (χ1n) is 10.8. The first kappa shape index (κ1) is 21.3. The van der Waals surface area contributed by atoms with Crippen LogP contribution in [0.25, 0.3) is 22.2 Å². The van der Waals surface area contributed by atoms with E-state index in [1.54, 1.807) is 30.9 Å². The van der Waals surface area contributed by atoms with Crippen LogP contribution in [0.3, 0.4) is 0 Å². The fourth-order valence-electron chi connectivity index (χ4n) is 4.22. The van der Waals surface area contributed by atoms with E-state index in [9.17, 15) is 4.79 Å². The van der Waals surface area contributed by atoms with Crippen LogP contribution in [0.15, 0.2) is 41.5 Å². The fourth-order valence-corrected chi connectivity index (χ4v) is 4.22. The summed E-state index contributed by atoms with van der Waals surface area (Å²) in [6.45, 7) is 5.29. The third-order valence-electron chi connectivity index (χ3n) is 6.14. The highest BCUT2D eigenvalue weighted by Crippen LogP contribution is 2.32. The molecule has 5 rings (SSSR count). The van der Waals surface area contributed by atoms with E-state index in [1.807, 2.05) is 32.3 Å². The van der Waals surface area contributed by atoms with Gasteiger partial charge in [0.1, 0.15) is 23.6 Å². The van der Waals surface area contributed by atoms with E-state index < -0.39 is 5.82 Å². The summed E-state index contributed by atoms with van der Waals surface area (Å²) in [4.78, 5) is 24.7. The van der Waals surface area contributed by atoms with Gasteiger partial charge in [0.25, 0.3) is 5.56 Å². The molecule has 1 saturated heterocycles. The van der Waals surface area contributed by atoms with Crippen molar-refractivity contribution in [1.29, 1.82) is 0 Å². The van der Waals surface area contributed by atoms with E-state index in [0.29, 0.717) is 47.9 Å². The van der Waals surface area contributed by atoms with Crippen molar-refractivity contribution in [3.8, 4) is 11.3 Å². The third-order valence-corrected chi connectivity index (χ3v) is 6.14. The number of anilines is 1. The van der Waals surface area contributed by atoms with Gasteiger partial charge < -0.3 is 9.64 Å². The molecule has 0 N–H and O–H groups in total. The van der Waals surface area contributed by atoms with Gasteiger partial charge >= 0.3 is 0 Å². The highest BCUT2D eigenvalue weighted by atomic mass is 19.1. The molecule has 1 atom stereocenters. The average molecular weight is 449 g/mol. The molecule has 0 bridgehead atoms. The van der Waals surface area contributed by atoms with Gasteiger partial charge in [-0.2, -0.15) is 5.10 Å². The summed E-state index contributed by atoms with van der Waals surface area (Å²) < 4.78 is 24.2. The van der Waals surface area contributed by atoms with Crippen LogP contribution in [-0.4, -0.2) is 44.0 Å². The predicted octanol–water partition coefficient (Wildman–Crippen LogP) is 3.06. The molecule has 1 aliphatic rings. The summed E-state index contributed by atoms with van der Waals surface area (Å²) in [5.74, 6) is 0.795. The van der Waals surface area contributed by atoms with Crippen LogP contribution < -0.4 is 10.5 Å². The number of aryl methyl sites for hydroxylation is 3. The second-order valence-electron chi connectivity index (χ2n) is 8.48. The van der Waals surface area contributed by atoms with Crippen LogP contribution >= 0.6 is 0 Å². The van der Waals surface area contributed by atoms with E-state index in [1.165, 1.54) is 10.6 Å². The lowest BCUT2D eigenvalue weighted by Gasteiger charge is -2.33. The smallest absolute Gasteiger partial charge is 0.263 e. The molecular weight excluding hydrogens is 423 g/mol. The second-order valence-corrected chi connectivity index (χ2v) is 8.48. The Morgan fingerprint density at radius 1 is 1.15 bits per heavy atom. The summed E-state index contributed by atoms with van der Waals surface area (Å²) in [6, 6.07) is 6.75. The summed E-state index contributed by atoms with van der Waals surface area (Å²) in [5.41, 5.74) is 2.62. The standard InChI is InChI=1S/C24H25FN6O2/c1-14-5-6-17(18(25)9-14)23-22-19(27-15(2)30(4)24(22)32)10-21(28-23)31-7-8-33-20(13-31)16-11-26-29(3)12-16/h5-6,9-12,20H,7-8,13H2,1-4H3/t20-/m1/s1. The molecule has 4 aromatic rings. The zero-order valence-electron chi connectivity index (χ0n) is 19.0. The predicted molar refractivity (Wildman–Crippen MR) is 124 cm³/mol. The molecule has 0 radical (unpaired) electrons. The van der Waals surface area contributed by atoms with E-state index in [4.69, 9.17) is 9.72 Å². The first-order valence-corrected chi connectivity index (χ1v) is 10.8. The number of halogens is 1. The maximum atomic E-state index is 15.0. The second kappa shape index (κ2) is 8.08. The highest BCUT2D eigenvalue weighted by Gasteiger charge is 2.26. The highest BCUT2D eigenvalue weighted by molar-refractivity contribution is 5.93. The van der Waals surface area contributed by atoms with Gasteiger partial charge in [-0.05, 0) is 31.5 Å². The van der Waals surface area contributed by atoms with Crippen molar-refractivity contribution in [2.45, 2.75) is 20.0 Å². The van der Waals surface area contributed by atoms with Gasteiger partial charge in [0.2, 0.25) is 0 Å². The zero-order chi connectivity index (χ0) is 23.3. The maximum absolute atomic E-state index is 15.0. The normalized spacial score (nSPS) is 16.5. The van der Waals surface area contributed by atoms with E-state index in [-0.39, 0.29) is 17.2 Å². The largest absolute Gasteiger partial charge is 0.370 e. The van der Waals surface area contributed by atoms with Crippen molar-refractivity contribution in [3.05, 3.63) is 69.8 Å². The number of benzene rings is 1. The molecule has 0 amide bonds. The summed E-state index contributed by atoms with van der Waals surface area (Å²) in [5, 5.41) is 4.55. The molecule has 8 nitrogen and oxygen atoms in total. The number of rotatable bonds is 3. The summed E-state index contributed by atoms with van der Waals surface area (Å²) >= 11 is 0. The van der Waals surface area contributed by atoms with Crippen LogP contribution in [0.5, 0.6) is 0 Å². The van der Waals surface area contributed by atoms with Gasteiger partial charge in [0.05, 0.1) is 29.4 Å². The van der Waals surface area contributed by atoms with E-state index in [0.717, 1.165) is 11.1 Å². The van der Waals surface area contributed by atoms with Gasteiger partial charge in [0.15, 0.2) is 0 Å². The third kappa shape index (κ3) is 3.78. The Hall–Kier alpha value is -3.59. The molecule has 0 aliphatic carbocycles. The quantitative estimate of drug-likeness (QED) is 0.479. The lowest BCUT2D eigenvalue weighted by atomic mass is 10.0. The van der Waals surface area contributed by atoms with Crippen molar-refractivity contribution < 1.29 is 9.13 Å². The lowest BCUT2D eigenvalue weighted by Crippen LogP contribution is -2.39. The van der Waals surface area contributed by atoms with Crippen molar-refractivity contribution in [2.75, 3.05) is 24.6 Å². The topological polar surface area (TPSA) is 78.1 Å². The number of aromatic nitrogens is 5. The number of hydrogen-bond donors (Lipinski definition) is 0. The molecule has 9 heteroatoms. The number of nitrogens with zero attached hydrogens (tertiary/aromatic N) is 6. The monoisotopic (exact) mass is 448 g/mol. The van der Waals surface area contributed by atoms with Crippen LogP contribution in [0.4, 0.5) is 10.2 Å².